The Kier molecular flexibility index (Phi) is 8.82. The van der Waals surface area contributed by atoms with Crippen LogP contribution in [0.15, 0.2) is 48.5 Å². The molecule has 2 aromatic rings. The summed E-state index contributed by atoms with van der Waals surface area (Å²) in [6, 6.07) is 12.9. The topological polar surface area (TPSA) is 56.8 Å². The standard InChI is InChI=1S/C18H18O4.C2H7N/c1-20-16-11-14(12-17(21-2)18(16)22-3)15(19)10-9-13-7-5-4-6-8-13;1-3-2/h4-12H,1-3H3;3H,1-2H3. The van der Waals surface area contributed by atoms with Gasteiger partial charge >= 0.3 is 0 Å². The van der Waals surface area contributed by atoms with Gasteiger partial charge < -0.3 is 19.5 Å². The Morgan fingerprint density at radius 1 is 0.920 bits per heavy atom. The van der Waals surface area contributed by atoms with Crippen molar-refractivity contribution in [2.45, 2.75) is 0 Å². The molecule has 0 bridgehead atoms. The van der Waals surface area contributed by atoms with Crippen LogP contribution in [0.4, 0.5) is 0 Å². The lowest BCUT2D eigenvalue weighted by atomic mass is 10.1. The predicted molar refractivity (Wildman–Crippen MR) is 101 cm³/mol. The Hall–Kier alpha value is -2.79. The van der Waals surface area contributed by atoms with Crippen LogP contribution < -0.4 is 19.5 Å². The van der Waals surface area contributed by atoms with Crippen LogP contribution in [0.3, 0.4) is 0 Å². The van der Waals surface area contributed by atoms with Crippen LogP contribution in [0.1, 0.15) is 15.9 Å². The van der Waals surface area contributed by atoms with Crippen LogP contribution in [0.25, 0.3) is 6.08 Å². The van der Waals surface area contributed by atoms with Gasteiger partial charge in [0.1, 0.15) is 0 Å². The molecule has 1 N–H and O–H groups in total. The number of carbonyl (C=O) groups is 1. The van der Waals surface area contributed by atoms with E-state index >= 15 is 0 Å². The summed E-state index contributed by atoms with van der Waals surface area (Å²) < 4.78 is 15.7. The molecule has 0 unspecified atom stereocenters. The van der Waals surface area contributed by atoms with Gasteiger partial charge in [0.2, 0.25) is 5.75 Å². The molecule has 0 atom stereocenters. The Balaban J connectivity index is 0.000000970. The number of ketones is 1. The first-order valence-electron chi connectivity index (χ1n) is 7.77. The highest BCUT2D eigenvalue weighted by molar-refractivity contribution is 6.07. The maximum atomic E-state index is 12.3. The molecule has 5 nitrogen and oxygen atoms in total. The van der Waals surface area contributed by atoms with E-state index in [1.165, 1.54) is 27.4 Å². The van der Waals surface area contributed by atoms with E-state index in [2.05, 4.69) is 5.32 Å². The fraction of sp³-hybridized carbons (Fsp3) is 0.250. The fourth-order valence-corrected chi connectivity index (χ4v) is 2.06. The highest BCUT2D eigenvalue weighted by atomic mass is 16.5. The average molecular weight is 343 g/mol. The number of allylic oxidation sites excluding steroid dienone is 1. The van der Waals surface area contributed by atoms with Crippen molar-refractivity contribution in [2.24, 2.45) is 0 Å². The van der Waals surface area contributed by atoms with Gasteiger partial charge in [-0.3, -0.25) is 4.79 Å². The van der Waals surface area contributed by atoms with E-state index in [0.717, 1.165) is 5.56 Å². The molecular weight excluding hydrogens is 318 g/mol. The predicted octanol–water partition coefficient (Wildman–Crippen LogP) is 3.44. The summed E-state index contributed by atoms with van der Waals surface area (Å²) in [5, 5.41) is 2.75. The van der Waals surface area contributed by atoms with E-state index in [1.807, 2.05) is 44.4 Å². The number of nitrogens with one attached hydrogen (secondary N) is 1. The minimum Gasteiger partial charge on any atom is -0.493 e. The van der Waals surface area contributed by atoms with Gasteiger partial charge in [-0.25, -0.2) is 0 Å². The van der Waals surface area contributed by atoms with Crippen molar-refractivity contribution >= 4 is 11.9 Å². The van der Waals surface area contributed by atoms with Crippen LogP contribution in [-0.2, 0) is 0 Å². The molecule has 134 valence electrons. The zero-order chi connectivity index (χ0) is 18.7. The molecule has 0 saturated carbocycles. The Labute approximate surface area is 149 Å². The minimum absolute atomic E-state index is 0.136. The van der Waals surface area contributed by atoms with E-state index in [-0.39, 0.29) is 5.78 Å². The molecule has 2 aromatic carbocycles. The van der Waals surface area contributed by atoms with Crippen molar-refractivity contribution in [2.75, 3.05) is 35.4 Å². The second-order valence-corrected chi connectivity index (χ2v) is 5.02. The average Bonchev–Trinajstić information content (AvgIpc) is 2.66. The fourth-order valence-electron chi connectivity index (χ4n) is 2.06. The normalized spacial score (nSPS) is 9.96. The van der Waals surface area contributed by atoms with Crippen LogP contribution in [-0.4, -0.2) is 41.2 Å². The number of hydrogen-bond donors (Lipinski definition) is 1. The van der Waals surface area contributed by atoms with Gasteiger partial charge in [0.05, 0.1) is 21.3 Å². The Bertz CT molecular complexity index is 671. The molecule has 0 aromatic heterocycles. The first-order chi connectivity index (χ1) is 12.1. The van der Waals surface area contributed by atoms with Gasteiger partial charge in [-0.15, -0.1) is 0 Å². The maximum Gasteiger partial charge on any atom is 0.203 e. The molecule has 2 rings (SSSR count). The van der Waals surface area contributed by atoms with Crippen LogP contribution in [0.5, 0.6) is 17.2 Å². The SMILES string of the molecule is CNC.COc1cc(C(=O)C=Cc2ccccc2)cc(OC)c1OC. The summed E-state index contributed by atoms with van der Waals surface area (Å²) in [6.45, 7) is 0. The largest absolute Gasteiger partial charge is 0.493 e. The van der Waals surface area contributed by atoms with Gasteiger partial charge in [-0.05, 0) is 37.9 Å². The minimum atomic E-state index is -0.136. The van der Waals surface area contributed by atoms with E-state index in [9.17, 15) is 4.79 Å². The summed E-state index contributed by atoms with van der Waals surface area (Å²) in [6.07, 6.45) is 3.29. The number of benzene rings is 2. The second-order valence-electron chi connectivity index (χ2n) is 5.02. The maximum absolute atomic E-state index is 12.3. The van der Waals surface area contributed by atoms with Crippen LogP contribution >= 0.6 is 0 Å². The Morgan fingerprint density at radius 3 is 1.88 bits per heavy atom. The van der Waals surface area contributed by atoms with E-state index in [4.69, 9.17) is 14.2 Å². The van der Waals surface area contributed by atoms with Crippen LogP contribution in [0, 0.1) is 0 Å². The lowest BCUT2D eigenvalue weighted by Gasteiger charge is -2.13. The summed E-state index contributed by atoms with van der Waals surface area (Å²) in [4.78, 5) is 12.3. The summed E-state index contributed by atoms with van der Waals surface area (Å²) >= 11 is 0. The number of carbonyl (C=O) groups excluding carboxylic acids is 1. The van der Waals surface area contributed by atoms with E-state index in [0.29, 0.717) is 22.8 Å². The number of hydrogen-bond acceptors (Lipinski definition) is 5. The van der Waals surface area contributed by atoms with Gasteiger partial charge in [-0.2, -0.15) is 0 Å². The monoisotopic (exact) mass is 343 g/mol. The molecule has 0 amide bonds. The van der Waals surface area contributed by atoms with Crippen molar-refractivity contribution in [1.29, 1.82) is 0 Å². The second kappa shape index (κ2) is 10.9. The lowest BCUT2D eigenvalue weighted by molar-refractivity contribution is 0.104. The third-order valence-corrected chi connectivity index (χ3v) is 3.18. The lowest BCUT2D eigenvalue weighted by Crippen LogP contribution is -2.00. The quantitative estimate of drug-likeness (QED) is 0.643. The van der Waals surface area contributed by atoms with Gasteiger partial charge in [0, 0.05) is 5.56 Å². The third-order valence-electron chi connectivity index (χ3n) is 3.18. The first kappa shape index (κ1) is 20.3. The molecule has 0 fully saturated rings. The third kappa shape index (κ3) is 5.97. The van der Waals surface area contributed by atoms with Crippen molar-refractivity contribution in [1.82, 2.24) is 5.32 Å². The van der Waals surface area contributed by atoms with Gasteiger partial charge in [-0.1, -0.05) is 36.4 Å². The summed E-state index contributed by atoms with van der Waals surface area (Å²) in [7, 11) is 8.31. The highest BCUT2D eigenvalue weighted by Crippen LogP contribution is 2.38. The van der Waals surface area contributed by atoms with Crippen molar-refractivity contribution < 1.29 is 19.0 Å². The zero-order valence-electron chi connectivity index (χ0n) is 15.3. The van der Waals surface area contributed by atoms with Crippen molar-refractivity contribution in [3.05, 3.63) is 59.7 Å². The van der Waals surface area contributed by atoms with E-state index < -0.39 is 0 Å². The number of rotatable bonds is 6. The molecule has 0 spiro atoms. The molecule has 0 radical (unpaired) electrons. The van der Waals surface area contributed by atoms with Gasteiger partial charge in [0.25, 0.3) is 0 Å². The van der Waals surface area contributed by atoms with Crippen molar-refractivity contribution in [3.8, 4) is 17.2 Å². The molecule has 0 aliphatic heterocycles. The first-order valence-corrected chi connectivity index (χ1v) is 7.77. The van der Waals surface area contributed by atoms with Gasteiger partial charge in [0.15, 0.2) is 17.3 Å². The van der Waals surface area contributed by atoms with Crippen LogP contribution in [0.2, 0.25) is 0 Å². The van der Waals surface area contributed by atoms with E-state index in [1.54, 1.807) is 18.2 Å². The summed E-state index contributed by atoms with van der Waals surface area (Å²) in [5.41, 5.74) is 1.44. The molecule has 0 aliphatic rings. The molecule has 5 heteroatoms. The smallest absolute Gasteiger partial charge is 0.203 e. The molecule has 0 heterocycles. The molecule has 25 heavy (non-hydrogen) atoms. The molecular formula is C20H25NO4. The summed E-state index contributed by atoms with van der Waals surface area (Å²) in [5.74, 6) is 1.24. The zero-order valence-corrected chi connectivity index (χ0v) is 15.3. The number of ether oxygens (including phenoxy) is 3. The molecule has 0 aliphatic carbocycles. The Morgan fingerprint density at radius 2 is 1.44 bits per heavy atom. The number of methoxy groups -OCH3 is 3. The highest BCUT2D eigenvalue weighted by Gasteiger charge is 2.15. The van der Waals surface area contributed by atoms with Crippen molar-refractivity contribution in [3.63, 3.8) is 0 Å². The molecule has 0 saturated heterocycles.